The molecule has 21 heavy (non-hydrogen) atoms. The van der Waals surface area contributed by atoms with E-state index in [1.54, 1.807) is 6.26 Å². The van der Waals surface area contributed by atoms with Gasteiger partial charge in [-0.2, -0.15) is 0 Å². The average molecular weight is 282 g/mol. The fourth-order valence-electron chi connectivity index (χ4n) is 3.42. The Morgan fingerprint density at radius 2 is 2.05 bits per heavy atom. The highest BCUT2D eigenvalue weighted by molar-refractivity contribution is 5.33. The zero-order valence-corrected chi connectivity index (χ0v) is 12.3. The molecular weight excluding hydrogens is 260 g/mol. The lowest BCUT2D eigenvalue weighted by atomic mass is 9.90. The molecule has 1 atom stereocenters. The van der Waals surface area contributed by atoms with E-state index in [0.29, 0.717) is 5.92 Å². The summed E-state index contributed by atoms with van der Waals surface area (Å²) in [6.45, 7) is 4.15. The topological polar surface area (TPSA) is 28.4 Å². The Kier molecular flexibility index (Phi) is 3.53. The summed E-state index contributed by atoms with van der Waals surface area (Å²) in [6.07, 6.45) is 4.45. The number of nitrogens with one attached hydrogen (secondary N) is 1. The first kappa shape index (κ1) is 13.1. The molecule has 1 unspecified atom stereocenters. The van der Waals surface area contributed by atoms with Crippen molar-refractivity contribution < 1.29 is 4.42 Å². The molecule has 0 spiro atoms. The van der Waals surface area contributed by atoms with E-state index in [1.807, 2.05) is 6.07 Å². The van der Waals surface area contributed by atoms with E-state index in [9.17, 15) is 0 Å². The summed E-state index contributed by atoms with van der Waals surface area (Å²) in [5.41, 5.74) is 2.99. The summed E-state index contributed by atoms with van der Waals surface area (Å²) in [7, 11) is 0. The molecule has 0 radical (unpaired) electrons. The molecule has 2 aliphatic rings. The Hall–Kier alpha value is -1.58. The molecule has 1 fully saturated rings. The molecule has 0 saturated heterocycles. The van der Waals surface area contributed by atoms with E-state index in [-0.39, 0.29) is 0 Å². The van der Waals surface area contributed by atoms with E-state index in [4.69, 9.17) is 4.42 Å². The number of benzene rings is 1. The molecule has 1 N–H and O–H groups in total. The summed E-state index contributed by atoms with van der Waals surface area (Å²) in [5.74, 6) is 1.67. The SMILES string of the molecule is c1coc(CN(CC2CNCc3ccccc32)C2CC2)c1. The van der Waals surface area contributed by atoms with E-state index < -0.39 is 0 Å². The van der Waals surface area contributed by atoms with Gasteiger partial charge in [0.15, 0.2) is 0 Å². The largest absolute Gasteiger partial charge is 0.468 e. The van der Waals surface area contributed by atoms with Gasteiger partial charge in [-0.1, -0.05) is 24.3 Å². The smallest absolute Gasteiger partial charge is 0.117 e. The molecule has 0 amide bonds. The second kappa shape index (κ2) is 5.66. The van der Waals surface area contributed by atoms with E-state index in [2.05, 4.69) is 40.5 Å². The molecule has 1 aliphatic carbocycles. The first-order valence-electron chi connectivity index (χ1n) is 7.95. The third-order valence-corrected chi connectivity index (χ3v) is 4.66. The first-order valence-corrected chi connectivity index (χ1v) is 7.95. The molecule has 3 heteroatoms. The van der Waals surface area contributed by atoms with Crippen LogP contribution in [0, 0.1) is 0 Å². The lowest BCUT2D eigenvalue weighted by molar-refractivity contribution is 0.215. The third-order valence-electron chi connectivity index (χ3n) is 4.66. The minimum Gasteiger partial charge on any atom is -0.468 e. The Morgan fingerprint density at radius 1 is 1.14 bits per heavy atom. The zero-order chi connectivity index (χ0) is 14.1. The van der Waals surface area contributed by atoms with E-state index in [0.717, 1.165) is 38.0 Å². The lowest BCUT2D eigenvalue weighted by Crippen LogP contribution is -2.37. The third kappa shape index (κ3) is 2.89. The van der Waals surface area contributed by atoms with Crippen LogP contribution in [0.1, 0.15) is 35.6 Å². The van der Waals surface area contributed by atoms with Crippen LogP contribution in [0.4, 0.5) is 0 Å². The first-order chi connectivity index (χ1) is 10.4. The van der Waals surface area contributed by atoms with Crippen molar-refractivity contribution in [2.45, 2.75) is 37.9 Å². The van der Waals surface area contributed by atoms with Crippen LogP contribution in [-0.4, -0.2) is 24.0 Å². The van der Waals surface area contributed by atoms with Gasteiger partial charge in [0, 0.05) is 31.6 Å². The van der Waals surface area contributed by atoms with E-state index >= 15 is 0 Å². The quantitative estimate of drug-likeness (QED) is 0.913. The van der Waals surface area contributed by atoms with Gasteiger partial charge in [-0.15, -0.1) is 0 Å². The molecule has 3 nitrogen and oxygen atoms in total. The van der Waals surface area contributed by atoms with Crippen molar-refractivity contribution in [1.82, 2.24) is 10.2 Å². The highest BCUT2D eigenvalue weighted by atomic mass is 16.3. The Labute approximate surface area is 126 Å². The number of fused-ring (bicyclic) bond motifs is 1. The van der Waals surface area contributed by atoms with Crippen LogP contribution < -0.4 is 5.32 Å². The molecular formula is C18H22N2O. The van der Waals surface area contributed by atoms with Crippen molar-refractivity contribution in [3.05, 3.63) is 59.5 Å². The minimum atomic E-state index is 0.588. The Morgan fingerprint density at radius 3 is 2.86 bits per heavy atom. The number of nitrogens with zero attached hydrogens (tertiary/aromatic N) is 1. The summed E-state index contributed by atoms with van der Waals surface area (Å²) in [4.78, 5) is 2.60. The standard InChI is InChI=1S/C18H22N2O/c1-2-6-18-14(4-1)10-19-11-15(18)12-20(16-7-8-16)13-17-5-3-9-21-17/h1-6,9,15-16,19H,7-8,10-13H2. The van der Waals surface area contributed by atoms with E-state index in [1.165, 1.54) is 24.0 Å². The fraction of sp³-hybridized carbons (Fsp3) is 0.444. The normalized spacial score (nSPS) is 21.5. The van der Waals surface area contributed by atoms with Crippen LogP contribution in [0.5, 0.6) is 0 Å². The van der Waals surface area contributed by atoms with Gasteiger partial charge >= 0.3 is 0 Å². The minimum absolute atomic E-state index is 0.588. The summed E-state index contributed by atoms with van der Waals surface area (Å²) in [6, 6.07) is 13.7. The van der Waals surface area contributed by atoms with Crippen LogP contribution in [0.3, 0.4) is 0 Å². The molecule has 1 aromatic heterocycles. The monoisotopic (exact) mass is 282 g/mol. The second-order valence-corrected chi connectivity index (χ2v) is 6.27. The lowest BCUT2D eigenvalue weighted by Gasteiger charge is -2.31. The average Bonchev–Trinajstić information content (AvgIpc) is 3.25. The zero-order valence-electron chi connectivity index (χ0n) is 12.3. The van der Waals surface area contributed by atoms with Crippen LogP contribution in [0.2, 0.25) is 0 Å². The van der Waals surface area contributed by atoms with Crippen molar-refractivity contribution in [1.29, 1.82) is 0 Å². The number of hydrogen-bond acceptors (Lipinski definition) is 3. The maximum Gasteiger partial charge on any atom is 0.117 e. The van der Waals surface area contributed by atoms with Crippen molar-refractivity contribution >= 4 is 0 Å². The fourth-order valence-corrected chi connectivity index (χ4v) is 3.42. The van der Waals surface area contributed by atoms with Crippen molar-refractivity contribution in [3.63, 3.8) is 0 Å². The highest BCUT2D eigenvalue weighted by Crippen LogP contribution is 2.32. The van der Waals surface area contributed by atoms with Gasteiger partial charge in [-0.25, -0.2) is 0 Å². The van der Waals surface area contributed by atoms with Crippen molar-refractivity contribution in [2.24, 2.45) is 0 Å². The maximum absolute atomic E-state index is 5.54. The predicted molar refractivity (Wildman–Crippen MR) is 83.0 cm³/mol. The van der Waals surface area contributed by atoms with Crippen LogP contribution in [0.15, 0.2) is 47.1 Å². The molecule has 2 heterocycles. The number of furan rings is 1. The van der Waals surface area contributed by atoms with Gasteiger partial charge in [0.05, 0.1) is 12.8 Å². The highest BCUT2D eigenvalue weighted by Gasteiger charge is 2.32. The van der Waals surface area contributed by atoms with Crippen LogP contribution >= 0.6 is 0 Å². The van der Waals surface area contributed by atoms with Gasteiger partial charge < -0.3 is 9.73 Å². The van der Waals surface area contributed by atoms with Crippen LogP contribution in [-0.2, 0) is 13.1 Å². The van der Waals surface area contributed by atoms with Gasteiger partial charge in [0.1, 0.15) is 5.76 Å². The Bertz CT molecular complexity index is 589. The van der Waals surface area contributed by atoms with Gasteiger partial charge in [0.25, 0.3) is 0 Å². The van der Waals surface area contributed by atoms with Crippen molar-refractivity contribution in [2.75, 3.05) is 13.1 Å². The maximum atomic E-state index is 5.54. The molecule has 4 rings (SSSR count). The molecule has 2 aromatic rings. The van der Waals surface area contributed by atoms with Gasteiger partial charge in [-0.3, -0.25) is 4.90 Å². The molecule has 1 saturated carbocycles. The summed E-state index contributed by atoms with van der Waals surface area (Å²) >= 11 is 0. The molecule has 1 aliphatic heterocycles. The predicted octanol–water partition coefficient (Wildman–Crippen LogP) is 3.13. The second-order valence-electron chi connectivity index (χ2n) is 6.27. The summed E-state index contributed by atoms with van der Waals surface area (Å²) in [5, 5.41) is 3.56. The molecule has 0 bridgehead atoms. The molecule has 110 valence electrons. The van der Waals surface area contributed by atoms with Crippen LogP contribution in [0.25, 0.3) is 0 Å². The summed E-state index contributed by atoms with van der Waals surface area (Å²) < 4.78 is 5.54. The number of rotatable bonds is 5. The van der Waals surface area contributed by atoms with Crippen molar-refractivity contribution in [3.8, 4) is 0 Å². The van der Waals surface area contributed by atoms with Gasteiger partial charge in [-0.05, 0) is 36.1 Å². The van der Waals surface area contributed by atoms with Gasteiger partial charge in [0.2, 0.25) is 0 Å². The Balaban J connectivity index is 1.51. The number of hydrogen-bond donors (Lipinski definition) is 1. The molecule has 1 aromatic carbocycles.